The summed E-state index contributed by atoms with van der Waals surface area (Å²) in [6.07, 6.45) is 0.641. The molecule has 7 nitrogen and oxygen atoms in total. The van der Waals surface area contributed by atoms with Crippen LogP contribution in [-0.4, -0.2) is 41.0 Å². The zero-order valence-electron chi connectivity index (χ0n) is 11.1. The molecule has 0 aliphatic rings. The molecule has 0 saturated heterocycles. The van der Waals surface area contributed by atoms with E-state index in [9.17, 15) is 14.4 Å². The van der Waals surface area contributed by atoms with Gasteiger partial charge in [0.1, 0.15) is 6.54 Å². The number of nitrogens with one attached hydrogen (secondary N) is 1. The molecular weight excluding hydrogens is 262 g/mol. The number of urea groups is 1. The van der Waals surface area contributed by atoms with Crippen molar-refractivity contribution in [1.29, 1.82) is 0 Å². The van der Waals surface area contributed by atoms with E-state index in [0.717, 1.165) is 0 Å². The lowest BCUT2D eigenvalue weighted by molar-refractivity contribution is -0.137. The van der Waals surface area contributed by atoms with Crippen LogP contribution in [0.3, 0.4) is 0 Å². The number of hydrogen-bond acceptors (Lipinski definition) is 3. The van der Waals surface area contributed by atoms with Crippen LogP contribution < -0.4 is 11.1 Å². The topological polar surface area (TPSA) is 113 Å². The molecule has 0 saturated carbocycles. The summed E-state index contributed by atoms with van der Waals surface area (Å²) < 4.78 is 0. The van der Waals surface area contributed by atoms with Gasteiger partial charge in [-0.25, -0.2) is 4.79 Å². The molecule has 4 N–H and O–H groups in total. The molecule has 0 fully saturated rings. The first-order chi connectivity index (χ1) is 9.43. The maximum Gasteiger partial charge on any atom is 0.323 e. The van der Waals surface area contributed by atoms with Crippen molar-refractivity contribution in [3.05, 3.63) is 29.8 Å². The largest absolute Gasteiger partial charge is 0.480 e. The van der Waals surface area contributed by atoms with Gasteiger partial charge in [0, 0.05) is 17.8 Å². The first-order valence-corrected chi connectivity index (χ1v) is 6.11. The summed E-state index contributed by atoms with van der Waals surface area (Å²) in [7, 11) is 0. The van der Waals surface area contributed by atoms with Crippen LogP contribution in [0.2, 0.25) is 0 Å². The maximum absolute atomic E-state index is 12.0. The first kappa shape index (κ1) is 15.5. The summed E-state index contributed by atoms with van der Waals surface area (Å²) in [5.41, 5.74) is 5.80. The second kappa shape index (κ2) is 7.13. The van der Waals surface area contributed by atoms with Crippen molar-refractivity contribution in [3.63, 3.8) is 0 Å². The number of nitrogens with zero attached hydrogens (tertiary/aromatic N) is 1. The quantitative estimate of drug-likeness (QED) is 0.724. The number of carbonyl (C=O) groups is 3. The van der Waals surface area contributed by atoms with E-state index in [-0.39, 0.29) is 12.1 Å². The molecule has 0 heterocycles. The van der Waals surface area contributed by atoms with Crippen molar-refractivity contribution in [2.75, 3.05) is 18.4 Å². The zero-order valence-corrected chi connectivity index (χ0v) is 11.1. The number of benzene rings is 1. The lowest BCUT2D eigenvalue weighted by Crippen LogP contribution is -2.39. The first-order valence-electron chi connectivity index (χ1n) is 6.11. The summed E-state index contributed by atoms with van der Waals surface area (Å²) in [4.78, 5) is 34.9. The molecule has 7 heteroatoms. The van der Waals surface area contributed by atoms with E-state index < -0.39 is 17.9 Å². The van der Waals surface area contributed by atoms with Crippen molar-refractivity contribution in [3.8, 4) is 0 Å². The average molecular weight is 279 g/mol. The van der Waals surface area contributed by atoms with Crippen LogP contribution >= 0.6 is 0 Å². The molecule has 0 bridgehead atoms. The Morgan fingerprint density at radius 3 is 2.60 bits per heavy atom. The highest BCUT2D eigenvalue weighted by atomic mass is 16.4. The van der Waals surface area contributed by atoms with E-state index in [1.807, 2.05) is 6.92 Å². The molecule has 1 rings (SSSR count). The SMILES string of the molecule is CCCN(CC(=O)O)C(=O)Nc1cccc(C(N)=O)c1. The highest BCUT2D eigenvalue weighted by Crippen LogP contribution is 2.11. The predicted octanol–water partition coefficient (Wildman–Crippen LogP) is 1.11. The molecule has 0 aliphatic carbocycles. The molecule has 0 unspecified atom stereocenters. The minimum Gasteiger partial charge on any atom is -0.480 e. The number of carboxylic acid groups (broad SMARTS) is 1. The highest BCUT2D eigenvalue weighted by Gasteiger charge is 2.16. The summed E-state index contributed by atoms with van der Waals surface area (Å²) in [5, 5.41) is 11.3. The molecule has 0 spiro atoms. The fourth-order valence-electron chi connectivity index (χ4n) is 1.64. The Kier molecular flexibility index (Phi) is 5.52. The van der Waals surface area contributed by atoms with Gasteiger partial charge in [-0.15, -0.1) is 0 Å². The summed E-state index contributed by atoms with van der Waals surface area (Å²) in [6, 6.07) is 5.60. The van der Waals surface area contributed by atoms with Gasteiger partial charge in [0.05, 0.1) is 0 Å². The van der Waals surface area contributed by atoms with E-state index in [0.29, 0.717) is 18.7 Å². The van der Waals surface area contributed by atoms with E-state index >= 15 is 0 Å². The normalized spacial score (nSPS) is 9.85. The molecule has 0 aromatic heterocycles. The maximum atomic E-state index is 12.0. The summed E-state index contributed by atoms with van der Waals surface area (Å²) >= 11 is 0. The molecule has 20 heavy (non-hydrogen) atoms. The monoisotopic (exact) mass is 279 g/mol. The van der Waals surface area contributed by atoms with Gasteiger partial charge in [0.2, 0.25) is 5.91 Å². The summed E-state index contributed by atoms with van der Waals surface area (Å²) in [5.74, 6) is -1.68. The van der Waals surface area contributed by atoms with Gasteiger partial charge in [0.25, 0.3) is 0 Å². The van der Waals surface area contributed by atoms with Crippen molar-refractivity contribution in [1.82, 2.24) is 4.90 Å². The number of primary amides is 1. The van der Waals surface area contributed by atoms with Gasteiger partial charge >= 0.3 is 12.0 Å². The van der Waals surface area contributed by atoms with Crippen LogP contribution in [0.15, 0.2) is 24.3 Å². The van der Waals surface area contributed by atoms with Crippen LogP contribution in [0.5, 0.6) is 0 Å². The minimum atomic E-state index is -1.08. The van der Waals surface area contributed by atoms with Crippen molar-refractivity contribution in [2.24, 2.45) is 5.73 Å². The molecule has 0 radical (unpaired) electrons. The third-order valence-corrected chi connectivity index (χ3v) is 2.51. The highest BCUT2D eigenvalue weighted by molar-refractivity contribution is 5.96. The van der Waals surface area contributed by atoms with Gasteiger partial charge in [-0.3, -0.25) is 9.59 Å². The van der Waals surface area contributed by atoms with E-state index in [1.165, 1.54) is 17.0 Å². The number of carboxylic acids is 1. The molecule has 3 amide bonds. The molecule has 0 atom stereocenters. The molecular formula is C13H17N3O4. The standard InChI is InChI=1S/C13H17N3O4/c1-2-6-16(8-11(17)18)13(20)15-10-5-3-4-9(7-10)12(14)19/h3-5,7H,2,6,8H2,1H3,(H2,14,19)(H,15,20)(H,17,18). The Hall–Kier alpha value is -2.57. The van der Waals surface area contributed by atoms with Crippen LogP contribution in [0.1, 0.15) is 23.7 Å². The Morgan fingerprint density at radius 2 is 2.05 bits per heavy atom. The molecule has 0 aliphatic heterocycles. The third-order valence-electron chi connectivity index (χ3n) is 2.51. The fraction of sp³-hybridized carbons (Fsp3) is 0.308. The number of anilines is 1. The Labute approximate surface area is 116 Å². The lowest BCUT2D eigenvalue weighted by atomic mass is 10.2. The summed E-state index contributed by atoms with van der Waals surface area (Å²) in [6.45, 7) is 1.79. The van der Waals surface area contributed by atoms with Crippen molar-refractivity contribution >= 4 is 23.6 Å². The Morgan fingerprint density at radius 1 is 1.35 bits per heavy atom. The minimum absolute atomic E-state index is 0.267. The van der Waals surface area contributed by atoms with Crippen molar-refractivity contribution in [2.45, 2.75) is 13.3 Å². The second-order valence-corrected chi connectivity index (χ2v) is 4.19. The van der Waals surface area contributed by atoms with E-state index in [2.05, 4.69) is 5.32 Å². The number of rotatable bonds is 6. The number of carbonyl (C=O) groups excluding carboxylic acids is 2. The van der Waals surface area contributed by atoms with Gasteiger partial charge in [0.15, 0.2) is 0 Å². The van der Waals surface area contributed by atoms with Crippen LogP contribution in [-0.2, 0) is 4.79 Å². The predicted molar refractivity (Wildman–Crippen MR) is 73.5 cm³/mol. The van der Waals surface area contributed by atoms with Gasteiger partial charge < -0.3 is 21.1 Å². The second-order valence-electron chi connectivity index (χ2n) is 4.19. The number of nitrogens with two attached hydrogens (primary N) is 1. The molecule has 1 aromatic rings. The third kappa shape index (κ3) is 4.60. The Balaban J connectivity index is 2.79. The van der Waals surface area contributed by atoms with E-state index in [1.54, 1.807) is 12.1 Å². The van der Waals surface area contributed by atoms with Gasteiger partial charge in [-0.05, 0) is 24.6 Å². The smallest absolute Gasteiger partial charge is 0.323 e. The lowest BCUT2D eigenvalue weighted by Gasteiger charge is -2.20. The number of hydrogen-bond donors (Lipinski definition) is 3. The molecule has 108 valence electrons. The van der Waals surface area contributed by atoms with Crippen LogP contribution in [0.25, 0.3) is 0 Å². The average Bonchev–Trinajstić information content (AvgIpc) is 2.38. The van der Waals surface area contributed by atoms with Crippen LogP contribution in [0.4, 0.5) is 10.5 Å². The van der Waals surface area contributed by atoms with Gasteiger partial charge in [-0.1, -0.05) is 13.0 Å². The molecule has 1 aromatic carbocycles. The number of aliphatic carboxylic acids is 1. The van der Waals surface area contributed by atoms with Crippen LogP contribution in [0, 0.1) is 0 Å². The van der Waals surface area contributed by atoms with Gasteiger partial charge in [-0.2, -0.15) is 0 Å². The fourth-order valence-corrected chi connectivity index (χ4v) is 1.64. The number of amides is 3. The zero-order chi connectivity index (χ0) is 15.1. The van der Waals surface area contributed by atoms with Crippen molar-refractivity contribution < 1.29 is 19.5 Å². The Bertz CT molecular complexity index is 516. The van der Waals surface area contributed by atoms with E-state index in [4.69, 9.17) is 10.8 Å².